The second kappa shape index (κ2) is 4.94. The quantitative estimate of drug-likeness (QED) is 0.876. The number of rotatable bonds is 4. The predicted molar refractivity (Wildman–Crippen MR) is 65.3 cm³/mol. The van der Waals surface area contributed by atoms with Crippen LogP contribution in [0.2, 0.25) is 0 Å². The fourth-order valence-electron chi connectivity index (χ4n) is 1.44. The van der Waals surface area contributed by atoms with E-state index >= 15 is 0 Å². The van der Waals surface area contributed by atoms with Crippen molar-refractivity contribution in [1.82, 2.24) is 0 Å². The van der Waals surface area contributed by atoms with E-state index in [1.807, 2.05) is 6.07 Å². The Bertz CT molecular complexity index is 289. The van der Waals surface area contributed by atoms with E-state index in [1.54, 1.807) is 0 Å². The van der Waals surface area contributed by atoms with Crippen LogP contribution in [0.4, 0.5) is 0 Å². The highest BCUT2D eigenvalue weighted by atomic mass is 79.9. The highest BCUT2D eigenvalue weighted by molar-refractivity contribution is 9.10. The van der Waals surface area contributed by atoms with Crippen LogP contribution < -0.4 is 5.73 Å². The number of nitrogens with two attached hydrogens (primary N) is 1. The lowest BCUT2D eigenvalue weighted by molar-refractivity contribution is 0.459. The lowest BCUT2D eigenvalue weighted by atomic mass is 9.97. The summed E-state index contributed by atoms with van der Waals surface area (Å²) in [6.07, 6.45) is 3.31. The first-order chi connectivity index (χ1) is 6.49. The summed E-state index contributed by atoms with van der Waals surface area (Å²) in [5.74, 6) is 0. The van der Waals surface area contributed by atoms with Crippen LogP contribution in [0.15, 0.2) is 28.7 Å². The smallest absolute Gasteiger partial charge is 0.0207 e. The highest BCUT2D eigenvalue weighted by Crippen LogP contribution is 2.19. The monoisotopic (exact) mass is 255 g/mol. The van der Waals surface area contributed by atoms with Crippen LogP contribution in [-0.2, 0) is 6.42 Å². The average Bonchev–Trinajstić information content (AvgIpc) is 2.06. The Morgan fingerprint density at radius 3 is 2.50 bits per heavy atom. The van der Waals surface area contributed by atoms with Crippen molar-refractivity contribution in [3.05, 3.63) is 34.3 Å². The topological polar surface area (TPSA) is 26.0 Å². The molecule has 0 aliphatic rings. The van der Waals surface area contributed by atoms with Gasteiger partial charge in [0.25, 0.3) is 0 Å². The number of hydrogen-bond donors (Lipinski definition) is 1. The second-order valence-corrected chi connectivity index (χ2v) is 5.29. The van der Waals surface area contributed by atoms with E-state index < -0.39 is 0 Å². The van der Waals surface area contributed by atoms with Crippen LogP contribution in [0, 0.1) is 0 Å². The summed E-state index contributed by atoms with van der Waals surface area (Å²) in [4.78, 5) is 0. The molecule has 78 valence electrons. The number of aryl methyl sites for hydroxylation is 1. The molecule has 0 saturated heterocycles. The summed E-state index contributed by atoms with van der Waals surface area (Å²) < 4.78 is 1.20. The third kappa shape index (κ3) is 4.25. The summed E-state index contributed by atoms with van der Waals surface area (Å²) in [7, 11) is 0. The molecule has 1 rings (SSSR count). The van der Waals surface area contributed by atoms with Gasteiger partial charge < -0.3 is 5.73 Å². The van der Waals surface area contributed by atoms with Gasteiger partial charge in [-0.2, -0.15) is 0 Å². The van der Waals surface area contributed by atoms with E-state index in [0.717, 1.165) is 19.3 Å². The van der Waals surface area contributed by atoms with Crippen LogP contribution in [0.5, 0.6) is 0 Å². The first kappa shape index (κ1) is 11.7. The normalized spacial score (nSPS) is 11.7. The van der Waals surface area contributed by atoms with Crippen molar-refractivity contribution in [2.75, 3.05) is 0 Å². The molecule has 0 fully saturated rings. The standard InChI is InChI=1S/C12H18BrN/c1-12(2,14)9-5-7-10-6-3-4-8-11(10)13/h3-4,6,8H,5,7,9,14H2,1-2H3. The fourth-order valence-corrected chi connectivity index (χ4v) is 1.92. The molecule has 0 aromatic heterocycles. The van der Waals surface area contributed by atoms with Crippen molar-refractivity contribution in [3.8, 4) is 0 Å². The molecule has 1 aromatic rings. The molecule has 1 aromatic carbocycles. The molecular weight excluding hydrogens is 238 g/mol. The van der Waals surface area contributed by atoms with E-state index in [2.05, 4.69) is 48.0 Å². The van der Waals surface area contributed by atoms with Crippen molar-refractivity contribution in [2.24, 2.45) is 5.73 Å². The van der Waals surface area contributed by atoms with Crippen LogP contribution in [0.1, 0.15) is 32.3 Å². The zero-order valence-corrected chi connectivity index (χ0v) is 10.5. The molecule has 0 aliphatic carbocycles. The molecule has 0 radical (unpaired) electrons. The first-order valence-corrected chi connectivity index (χ1v) is 5.81. The van der Waals surface area contributed by atoms with Crippen molar-refractivity contribution < 1.29 is 0 Å². The van der Waals surface area contributed by atoms with E-state index in [1.165, 1.54) is 10.0 Å². The number of benzene rings is 1. The fraction of sp³-hybridized carbons (Fsp3) is 0.500. The Morgan fingerprint density at radius 1 is 1.29 bits per heavy atom. The Morgan fingerprint density at radius 2 is 1.93 bits per heavy atom. The van der Waals surface area contributed by atoms with Gasteiger partial charge in [0.15, 0.2) is 0 Å². The molecule has 0 bridgehead atoms. The molecule has 2 heteroatoms. The molecule has 0 spiro atoms. The van der Waals surface area contributed by atoms with Gasteiger partial charge in [0.1, 0.15) is 0 Å². The molecule has 1 nitrogen and oxygen atoms in total. The summed E-state index contributed by atoms with van der Waals surface area (Å²) in [5.41, 5.74) is 7.26. The Balaban J connectivity index is 2.43. The van der Waals surface area contributed by atoms with Gasteiger partial charge in [-0.05, 0) is 44.7 Å². The predicted octanol–water partition coefficient (Wildman–Crippen LogP) is 3.51. The molecule has 0 saturated carbocycles. The zero-order chi connectivity index (χ0) is 10.6. The van der Waals surface area contributed by atoms with Crippen LogP contribution >= 0.6 is 15.9 Å². The van der Waals surface area contributed by atoms with Crippen molar-refractivity contribution in [2.45, 2.75) is 38.6 Å². The van der Waals surface area contributed by atoms with E-state index in [9.17, 15) is 0 Å². The number of hydrogen-bond acceptors (Lipinski definition) is 1. The molecule has 2 N–H and O–H groups in total. The maximum Gasteiger partial charge on any atom is 0.0207 e. The summed E-state index contributed by atoms with van der Waals surface area (Å²) in [6, 6.07) is 8.37. The lowest BCUT2D eigenvalue weighted by Crippen LogP contribution is -2.31. The Labute approximate surface area is 94.8 Å². The van der Waals surface area contributed by atoms with Gasteiger partial charge in [0, 0.05) is 10.0 Å². The molecular formula is C12H18BrN. The number of halogens is 1. The van der Waals surface area contributed by atoms with Crippen molar-refractivity contribution in [1.29, 1.82) is 0 Å². The van der Waals surface area contributed by atoms with Gasteiger partial charge >= 0.3 is 0 Å². The van der Waals surface area contributed by atoms with E-state index in [4.69, 9.17) is 5.73 Å². The molecule has 0 amide bonds. The van der Waals surface area contributed by atoms with Gasteiger partial charge in [-0.1, -0.05) is 34.1 Å². The summed E-state index contributed by atoms with van der Waals surface area (Å²) in [6.45, 7) is 4.15. The molecule has 0 unspecified atom stereocenters. The summed E-state index contributed by atoms with van der Waals surface area (Å²) >= 11 is 3.55. The van der Waals surface area contributed by atoms with Crippen LogP contribution in [0.3, 0.4) is 0 Å². The van der Waals surface area contributed by atoms with Gasteiger partial charge in [-0.25, -0.2) is 0 Å². The van der Waals surface area contributed by atoms with Gasteiger partial charge in [0.05, 0.1) is 0 Å². The largest absolute Gasteiger partial charge is 0.326 e. The molecule has 0 heterocycles. The van der Waals surface area contributed by atoms with E-state index in [-0.39, 0.29) is 5.54 Å². The first-order valence-electron chi connectivity index (χ1n) is 5.01. The second-order valence-electron chi connectivity index (χ2n) is 4.43. The van der Waals surface area contributed by atoms with E-state index in [0.29, 0.717) is 0 Å². The average molecular weight is 256 g/mol. The third-order valence-corrected chi connectivity index (χ3v) is 3.00. The maximum atomic E-state index is 5.93. The zero-order valence-electron chi connectivity index (χ0n) is 8.89. The van der Waals surface area contributed by atoms with Crippen LogP contribution in [0.25, 0.3) is 0 Å². The van der Waals surface area contributed by atoms with Gasteiger partial charge in [-0.15, -0.1) is 0 Å². The minimum Gasteiger partial charge on any atom is -0.326 e. The van der Waals surface area contributed by atoms with Gasteiger partial charge in [-0.3, -0.25) is 0 Å². The summed E-state index contributed by atoms with van der Waals surface area (Å²) in [5, 5.41) is 0. The Kier molecular flexibility index (Phi) is 4.14. The minimum atomic E-state index is -0.0404. The highest BCUT2D eigenvalue weighted by Gasteiger charge is 2.09. The molecule has 14 heavy (non-hydrogen) atoms. The van der Waals surface area contributed by atoms with Crippen molar-refractivity contribution >= 4 is 15.9 Å². The van der Waals surface area contributed by atoms with Gasteiger partial charge in [0.2, 0.25) is 0 Å². The third-order valence-electron chi connectivity index (χ3n) is 2.23. The molecule has 0 atom stereocenters. The van der Waals surface area contributed by atoms with Crippen molar-refractivity contribution in [3.63, 3.8) is 0 Å². The minimum absolute atomic E-state index is 0.0404. The van der Waals surface area contributed by atoms with Crippen LogP contribution in [-0.4, -0.2) is 5.54 Å². The maximum absolute atomic E-state index is 5.93. The SMILES string of the molecule is CC(C)(N)CCCc1ccccc1Br. The molecule has 0 aliphatic heterocycles. The lowest BCUT2D eigenvalue weighted by Gasteiger charge is -2.17. The Hall–Kier alpha value is -0.340.